The lowest BCUT2D eigenvalue weighted by atomic mass is 10.1. The summed E-state index contributed by atoms with van der Waals surface area (Å²) >= 11 is 0. The number of fused-ring (bicyclic) bond motifs is 1. The van der Waals surface area contributed by atoms with Crippen molar-refractivity contribution in [3.05, 3.63) is 70.0 Å². The van der Waals surface area contributed by atoms with Gasteiger partial charge in [0.05, 0.1) is 32.3 Å². The summed E-state index contributed by atoms with van der Waals surface area (Å²) in [6.45, 7) is 1.54. The molecule has 1 saturated carbocycles. The largest absolute Gasteiger partial charge is 0.493 e. The van der Waals surface area contributed by atoms with E-state index in [0.717, 1.165) is 29.6 Å². The van der Waals surface area contributed by atoms with Crippen molar-refractivity contribution in [3.8, 4) is 11.5 Å². The molecule has 5 rings (SSSR count). The van der Waals surface area contributed by atoms with E-state index in [2.05, 4.69) is 30.4 Å². The molecule has 0 bridgehead atoms. The van der Waals surface area contributed by atoms with Gasteiger partial charge in [-0.2, -0.15) is 0 Å². The Morgan fingerprint density at radius 2 is 1.89 bits per heavy atom. The van der Waals surface area contributed by atoms with Crippen LogP contribution >= 0.6 is 0 Å². The highest BCUT2D eigenvalue weighted by atomic mass is 16.5. The Labute approximate surface area is 202 Å². The summed E-state index contributed by atoms with van der Waals surface area (Å²) in [6.07, 6.45) is 8.18. The summed E-state index contributed by atoms with van der Waals surface area (Å²) < 4.78 is 12.8. The average Bonchev–Trinajstić information content (AvgIpc) is 3.56. The van der Waals surface area contributed by atoms with Crippen LogP contribution in [0.5, 0.6) is 11.5 Å². The Morgan fingerprint density at radius 3 is 2.63 bits per heavy atom. The maximum absolute atomic E-state index is 13.0. The Kier molecular flexibility index (Phi) is 6.71. The van der Waals surface area contributed by atoms with Crippen LogP contribution in [-0.4, -0.2) is 49.3 Å². The van der Waals surface area contributed by atoms with Crippen molar-refractivity contribution in [3.63, 3.8) is 0 Å². The van der Waals surface area contributed by atoms with E-state index >= 15 is 0 Å². The fraction of sp³-hybridized carbons (Fsp3) is 0.400. The Morgan fingerprint density at radius 1 is 1.09 bits per heavy atom. The molecule has 3 heterocycles. The second-order valence-electron chi connectivity index (χ2n) is 8.90. The number of hydrogen-bond donors (Lipinski definition) is 1. The summed E-state index contributed by atoms with van der Waals surface area (Å²) in [5.41, 5.74) is 2.25. The first-order valence-corrected chi connectivity index (χ1v) is 11.8. The average molecular weight is 476 g/mol. The van der Waals surface area contributed by atoms with Gasteiger partial charge in [0.25, 0.3) is 5.56 Å². The number of benzene rings is 1. The molecule has 10 heteroatoms. The molecule has 0 atom stereocenters. The predicted molar refractivity (Wildman–Crippen MR) is 130 cm³/mol. The number of tetrazole rings is 1. The zero-order valence-corrected chi connectivity index (χ0v) is 20.0. The van der Waals surface area contributed by atoms with Gasteiger partial charge in [-0.25, -0.2) is 4.68 Å². The summed E-state index contributed by atoms with van der Waals surface area (Å²) in [5.74, 6) is 1.99. The zero-order valence-electron chi connectivity index (χ0n) is 20.0. The van der Waals surface area contributed by atoms with Gasteiger partial charge in [0.2, 0.25) is 0 Å². The lowest BCUT2D eigenvalue weighted by Gasteiger charge is -2.23. The minimum atomic E-state index is -0.142. The molecule has 1 aliphatic carbocycles. The van der Waals surface area contributed by atoms with Crippen molar-refractivity contribution in [2.75, 3.05) is 14.2 Å². The molecule has 35 heavy (non-hydrogen) atoms. The third-order valence-corrected chi connectivity index (χ3v) is 6.54. The van der Waals surface area contributed by atoms with Crippen molar-refractivity contribution < 1.29 is 9.47 Å². The number of aromatic nitrogens is 6. The summed E-state index contributed by atoms with van der Waals surface area (Å²) in [7, 11) is 3.17. The lowest BCUT2D eigenvalue weighted by Crippen LogP contribution is -2.28. The molecule has 1 fully saturated rings. The quantitative estimate of drug-likeness (QED) is 0.393. The first kappa shape index (κ1) is 23.0. The van der Waals surface area contributed by atoms with E-state index < -0.39 is 0 Å². The first-order chi connectivity index (χ1) is 17.1. The van der Waals surface area contributed by atoms with Gasteiger partial charge in [0.15, 0.2) is 17.3 Å². The van der Waals surface area contributed by atoms with Crippen molar-refractivity contribution in [1.29, 1.82) is 0 Å². The number of nitrogens with one attached hydrogen (secondary N) is 1. The van der Waals surface area contributed by atoms with E-state index in [-0.39, 0.29) is 5.56 Å². The molecule has 0 saturated heterocycles. The van der Waals surface area contributed by atoms with E-state index in [1.165, 1.54) is 12.8 Å². The molecule has 0 radical (unpaired) electrons. The number of nitrogens with zero attached hydrogens (tertiary/aromatic N) is 6. The maximum atomic E-state index is 13.0. The highest BCUT2D eigenvalue weighted by Crippen LogP contribution is 2.32. The molecule has 0 aliphatic heterocycles. The van der Waals surface area contributed by atoms with Gasteiger partial charge in [-0.3, -0.25) is 14.7 Å². The number of hydrogen-bond acceptors (Lipinski definition) is 8. The van der Waals surface area contributed by atoms with Crippen LogP contribution in [-0.2, 0) is 19.6 Å². The van der Waals surface area contributed by atoms with Gasteiger partial charge >= 0.3 is 0 Å². The summed E-state index contributed by atoms with van der Waals surface area (Å²) in [4.78, 5) is 22.5. The summed E-state index contributed by atoms with van der Waals surface area (Å²) in [5, 5.41) is 13.4. The van der Waals surface area contributed by atoms with Crippen LogP contribution < -0.4 is 15.0 Å². The molecule has 0 spiro atoms. The van der Waals surface area contributed by atoms with Gasteiger partial charge in [0.1, 0.15) is 0 Å². The molecule has 4 aromatic rings. The Bertz CT molecular complexity index is 1350. The van der Waals surface area contributed by atoms with Crippen molar-refractivity contribution in [2.24, 2.45) is 0 Å². The highest BCUT2D eigenvalue weighted by Gasteiger charge is 2.23. The molecule has 0 unspecified atom stereocenters. The monoisotopic (exact) mass is 475 g/mol. The second-order valence-corrected chi connectivity index (χ2v) is 8.90. The van der Waals surface area contributed by atoms with Gasteiger partial charge in [-0.05, 0) is 47.0 Å². The van der Waals surface area contributed by atoms with Gasteiger partial charge < -0.3 is 14.5 Å². The van der Waals surface area contributed by atoms with E-state index in [1.807, 2.05) is 35.1 Å². The van der Waals surface area contributed by atoms with Crippen LogP contribution in [0.1, 0.15) is 48.7 Å². The Balaban J connectivity index is 1.47. The number of ether oxygens (including phenoxy) is 2. The normalized spacial score (nSPS) is 14.1. The molecular weight excluding hydrogens is 446 g/mol. The number of pyridine rings is 2. The molecule has 1 N–H and O–H groups in total. The molecule has 1 aromatic carbocycles. The molecule has 3 aromatic heterocycles. The highest BCUT2D eigenvalue weighted by molar-refractivity contribution is 5.83. The van der Waals surface area contributed by atoms with E-state index in [1.54, 1.807) is 26.5 Å². The van der Waals surface area contributed by atoms with E-state index in [9.17, 15) is 4.79 Å². The van der Waals surface area contributed by atoms with Crippen LogP contribution in [0, 0.1) is 0 Å². The third-order valence-electron chi connectivity index (χ3n) is 6.54. The first-order valence-electron chi connectivity index (χ1n) is 11.8. The van der Waals surface area contributed by atoms with Crippen molar-refractivity contribution in [2.45, 2.75) is 51.4 Å². The fourth-order valence-electron chi connectivity index (χ4n) is 4.80. The van der Waals surface area contributed by atoms with E-state index in [4.69, 9.17) is 9.47 Å². The maximum Gasteiger partial charge on any atom is 0.252 e. The molecule has 0 amide bonds. The van der Waals surface area contributed by atoms with Gasteiger partial charge in [0, 0.05) is 42.5 Å². The number of methoxy groups -OCH3 is 2. The Hall–Kier alpha value is -3.79. The molecule has 182 valence electrons. The van der Waals surface area contributed by atoms with Crippen molar-refractivity contribution >= 4 is 10.9 Å². The molecule has 1 aliphatic rings. The van der Waals surface area contributed by atoms with Crippen LogP contribution in [0.4, 0.5) is 0 Å². The van der Waals surface area contributed by atoms with E-state index in [0.29, 0.717) is 48.3 Å². The zero-order chi connectivity index (χ0) is 24.2. The standard InChI is InChI=1S/C25H29N7O3/c1-34-22-11-18-10-19(25(33)27-21(18)12-23(22)35-2)15-31(14-17-6-5-9-26-13-17)16-24-28-29-30-32(24)20-7-3-4-8-20/h5-6,9-13,20H,3-4,7-8,14-16H2,1-2H3,(H,27,33). The predicted octanol–water partition coefficient (Wildman–Crippen LogP) is 3.24. The lowest BCUT2D eigenvalue weighted by molar-refractivity contribution is 0.231. The van der Waals surface area contributed by atoms with Crippen molar-refractivity contribution in [1.82, 2.24) is 35.1 Å². The second kappa shape index (κ2) is 10.2. The van der Waals surface area contributed by atoms with Crippen LogP contribution in [0.2, 0.25) is 0 Å². The topological polar surface area (TPSA) is 111 Å². The minimum absolute atomic E-state index is 0.142. The molecular formula is C25H29N7O3. The minimum Gasteiger partial charge on any atom is -0.493 e. The molecule has 10 nitrogen and oxygen atoms in total. The smallest absolute Gasteiger partial charge is 0.252 e. The fourth-order valence-corrected chi connectivity index (χ4v) is 4.80. The number of rotatable bonds is 9. The third kappa shape index (κ3) is 5.02. The van der Waals surface area contributed by atoms with Crippen LogP contribution in [0.15, 0.2) is 47.5 Å². The summed E-state index contributed by atoms with van der Waals surface area (Å²) in [6, 6.07) is 9.85. The van der Waals surface area contributed by atoms with Crippen LogP contribution in [0.25, 0.3) is 10.9 Å². The van der Waals surface area contributed by atoms with Crippen LogP contribution in [0.3, 0.4) is 0 Å². The number of H-pyrrole nitrogens is 1. The number of aromatic amines is 1. The van der Waals surface area contributed by atoms with Gasteiger partial charge in [-0.1, -0.05) is 18.9 Å². The SMILES string of the molecule is COc1cc2cc(CN(Cc3cccnc3)Cc3nnnn3C3CCCC3)c(=O)[nH]c2cc1OC. The van der Waals surface area contributed by atoms with Gasteiger partial charge in [-0.15, -0.1) is 5.10 Å².